The van der Waals surface area contributed by atoms with Gasteiger partial charge in [0, 0.05) is 43.4 Å². The number of pyridine rings is 1. The van der Waals surface area contributed by atoms with Gasteiger partial charge in [-0.2, -0.15) is 0 Å². The monoisotopic (exact) mass is 381 g/mol. The minimum absolute atomic E-state index is 0.0528. The average Bonchev–Trinajstić information content (AvgIpc) is 3.03. The van der Waals surface area contributed by atoms with Gasteiger partial charge in [-0.15, -0.1) is 0 Å². The van der Waals surface area contributed by atoms with Crippen molar-refractivity contribution in [2.24, 2.45) is 23.2 Å². The van der Waals surface area contributed by atoms with Crippen LogP contribution in [0.4, 0.5) is 0 Å². The number of rotatable bonds is 7. The van der Waals surface area contributed by atoms with Gasteiger partial charge < -0.3 is 14.6 Å². The van der Waals surface area contributed by atoms with Gasteiger partial charge in [0.2, 0.25) is 5.91 Å². The topological polar surface area (TPSA) is 56.1 Å². The second kappa shape index (κ2) is 7.18. The van der Waals surface area contributed by atoms with E-state index in [0.717, 1.165) is 55.6 Å². The summed E-state index contributed by atoms with van der Waals surface area (Å²) in [5.74, 6) is 2.75. The molecule has 1 N–H and O–H groups in total. The zero-order valence-electron chi connectivity index (χ0n) is 16.8. The molecule has 150 valence electrons. The second-order valence-corrected chi connectivity index (χ2v) is 9.42. The number of methoxy groups -OCH3 is 1. The molecule has 0 radical (unpaired) electrons. The maximum Gasteiger partial charge on any atom is 0.226 e. The van der Waals surface area contributed by atoms with Crippen LogP contribution in [0.2, 0.25) is 0 Å². The van der Waals surface area contributed by atoms with Crippen molar-refractivity contribution >= 4 is 16.9 Å². The number of nitrogens with zero attached hydrogens (tertiary/aromatic N) is 2. The number of fused-ring (bicyclic) bond motifs is 1. The van der Waals surface area contributed by atoms with Gasteiger partial charge in [0.15, 0.2) is 0 Å². The summed E-state index contributed by atoms with van der Waals surface area (Å²) in [7, 11) is 1.72. The Morgan fingerprint density at radius 3 is 2.64 bits per heavy atom. The normalized spacial score (nSPS) is 30.8. The molecule has 2 heterocycles. The fourth-order valence-electron chi connectivity index (χ4n) is 6.64. The predicted octanol–water partition coefficient (Wildman–Crippen LogP) is 3.56. The van der Waals surface area contributed by atoms with E-state index in [1.807, 2.05) is 12.3 Å². The lowest BCUT2D eigenvalue weighted by Crippen LogP contribution is -2.53. The van der Waals surface area contributed by atoms with E-state index in [1.165, 1.54) is 30.2 Å². The molecule has 0 spiro atoms. The molecule has 28 heavy (non-hydrogen) atoms. The third-order valence-corrected chi connectivity index (χ3v) is 7.45. The first-order valence-electron chi connectivity index (χ1n) is 10.9. The first-order chi connectivity index (χ1) is 13.7. The first kappa shape index (κ1) is 18.2. The Bertz CT molecular complexity index is 837. The van der Waals surface area contributed by atoms with Gasteiger partial charge in [0.25, 0.3) is 0 Å². The van der Waals surface area contributed by atoms with Crippen molar-refractivity contribution in [3.05, 3.63) is 30.1 Å². The third-order valence-electron chi connectivity index (χ3n) is 7.45. The largest absolute Gasteiger partial charge is 0.383 e. The van der Waals surface area contributed by atoms with Crippen LogP contribution >= 0.6 is 0 Å². The van der Waals surface area contributed by atoms with Crippen LogP contribution in [-0.4, -0.2) is 35.7 Å². The lowest BCUT2D eigenvalue weighted by atomic mass is 9.49. The van der Waals surface area contributed by atoms with Crippen LogP contribution in [0.1, 0.15) is 44.1 Å². The minimum Gasteiger partial charge on any atom is -0.383 e. The Kier molecular flexibility index (Phi) is 4.66. The van der Waals surface area contributed by atoms with Crippen LogP contribution in [0.15, 0.2) is 24.5 Å². The van der Waals surface area contributed by atoms with Crippen molar-refractivity contribution in [2.75, 3.05) is 20.3 Å². The van der Waals surface area contributed by atoms with Gasteiger partial charge in [-0.1, -0.05) is 0 Å². The zero-order chi connectivity index (χ0) is 19.1. The van der Waals surface area contributed by atoms with Gasteiger partial charge in [0.05, 0.1) is 6.61 Å². The maximum absolute atomic E-state index is 13.2. The quantitative estimate of drug-likeness (QED) is 0.798. The van der Waals surface area contributed by atoms with Crippen LogP contribution in [0.5, 0.6) is 0 Å². The smallest absolute Gasteiger partial charge is 0.226 e. The summed E-state index contributed by atoms with van der Waals surface area (Å²) in [5, 5.41) is 4.50. The molecule has 4 bridgehead atoms. The number of nitrogens with one attached hydrogen (secondary N) is 1. The van der Waals surface area contributed by atoms with Crippen molar-refractivity contribution in [1.82, 2.24) is 14.9 Å². The molecule has 4 saturated carbocycles. The van der Waals surface area contributed by atoms with E-state index >= 15 is 0 Å². The van der Waals surface area contributed by atoms with Crippen LogP contribution in [0, 0.1) is 23.2 Å². The number of ether oxygens (including phenoxy) is 1. The van der Waals surface area contributed by atoms with E-state index in [0.29, 0.717) is 19.1 Å². The Hall–Kier alpha value is -1.88. The van der Waals surface area contributed by atoms with Crippen LogP contribution < -0.4 is 5.32 Å². The molecule has 5 nitrogen and oxygen atoms in total. The van der Waals surface area contributed by atoms with Gasteiger partial charge in [-0.25, -0.2) is 4.98 Å². The number of hydrogen-bond acceptors (Lipinski definition) is 3. The summed E-state index contributed by atoms with van der Waals surface area (Å²) >= 11 is 0. The molecule has 6 rings (SSSR count). The molecule has 0 atom stereocenters. The molecule has 4 fully saturated rings. The predicted molar refractivity (Wildman–Crippen MR) is 109 cm³/mol. The molecule has 1 amide bonds. The fraction of sp³-hybridized carbons (Fsp3) is 0.652. The Morgan fingerprint density at radius 1 is 1.25 bits per heavy atom. The Labute approximate surface area is 166 Å². The highest BCUT2D eigenvalue weighted by Gasteiger charge is 2.54. The van der Waals surface area contributed by atoms with Crippen molar-refractivity contribution in [3.8, 4) is 0 Å². The minimum atomic E-state index is -0.0528. The molecular formula is C23H31N3O2. The summed E-state index contributed by atoms with van der Waals surface area (Å²) in [6.45, 7) is 2.17. The summed E-state index contributed by atoms with van der Waals surface area (Å²) in [6, 6.07) is 4.11. The van der Waals surface area contributed by atoms with E-state index < -0.39 is 0 Å². The number of carbonyl (C=O) groups excluding carboxylic acids is 1. The lowest BCUT2D eigenvalue weighted by Gasteiger charge is -2.55. The summed E-state index contributed by atoms with van der Waals surface area (Å²) in [5.41, 5.74) is 2.20. The third kappa shape index (κ3) is 3.14. The summed E-state index contributed by atoms with van der Waals surface area (Å²) in [4.78, 5) is 17.7. The van der Waals surface area contributed by atoms with Gasteiger partial charge >= 0.3 is 0 Å². The Balaban J connectivity index is 1.25. The number of aromatic nitrogens is 2. The molecule has 2 aromatic rings. The van der Waals surface area contributed by atoms with Gasteiger partial charge in [-0.3, -0.25) is 4.79 Å². The molecule has 4 aliphatic rings. The van der Waals surface area contributed by atoms with Gasteiger partial charge in [0.1, 0.15) is 5.65 Å². The number of hydrogen-bond donors (Lipinski definition) is 1. The highest BCUT2D eigenvalue weighted by Crippen LogP contribution is 2.60. The van der Waals surface area contributed by atoms with Crippen molar-refractivity contribution < 1.29 is 9.53 Å². The molecule has 0 unspecified atom stereocenters. The van der Waals surface area contributed by atoms with E-state index in [2.05, 4.69) is 27.1 Å². The first-order valence-corrected chi connectivity index (χ1v) is 10.9. The molecule has 2 aromatic heterocycles. The number of carbonyl (C=O) groups is 1. The van der Waals surface area contributed by atoms with Crippen LogP contribution in [-0.2, 0) is 22.5 Å². The van der Waals surface area contributed by atoms with Crippen molar-refractivity contribution in [1.29, 1.82) is 0 Å². The molecule has 0 aliphatic heterocycles. The zero-order valence-corrected chi connectivity index (χ0v) is 16.8. The van der Waals surface area contributed by atoms with E-state index in [-0.39, 0.29) is 5.41 Å². The summed E-state index contributed by atoms with van der Waals surface area (Å²) in [6.07, 6.45) is 12.4. The highest BCUT2D eigenvalue weighted by molar-refractivity contribution is 5.83. The summed E-state index contributed by atoms with van der Waals surface area (Å²) < 4.78 is 7.39. The van der Waals surface area contributed by atoms with Crippen LogP contribution in [0.25, 0.3) is 11.0 Å². The van der Waals surface area contributed by atoms with Crippen molar-refractivity contribution in [2.45, 2.75) is 51.5 Å². The maximum atomic E-state index is 13.2. The fourth-order valence-corrected chi connectivity index (χ4v) is 6.64. The molecule has 0 aromatic carbocycles. The van der Waals surface area contributed by atoms with E-state index in [9.17, 15) is 4.79 Å². The van der Waals surface area contributed by atoms with E-state index in [4.69, 9.17) is 4.74 Å². The molecular weight excluding hydrogens is 350 g/mol. The average molecular weight is 382 g/mol. The molecule has 5 heteroatoms. The van der Waals surface area contributed by atoms with Gasteiger partial charge in [-0.05, 0) is 80.4 Å². The molecule has 0 saturated heterocycles. The molecule has 4 aliphatic carbocycles. The second-order valence-electron chi connectivity index (χ2n) is 9.42. The standard InChI is InChI=1S/C23H31N3O2/c1-28-8-7-26-15-19(20-3-2-5-24-21(20)26)4-6-25-22(27)23-12-16-9-17(13-23)11-18(10-16)14-23/h2-3,5,15-18H,4,6-14H2,1H3,(H,25,27). The van der Waals surface area contributed by atoms with Crippen molar-refractivity contribution in [3.63, 3.8) is 0 Å². The Morgan fingerprint density at radius 2 is 1.96 bits per heavy atom. The van der Waals surface area contributed by atoms with Crippen LogP contribution in [0.3, 0.4) is 0 Å². The lowest BCUT2D eigenvalue weighted by molar-refractivity contribution is -0.146. The highest BCUT2D eigenvalue weighted by atomic mass is 16.5. The SMILES string of the molecule is COCCn1cc(CCNC(=O)C23CC4CC(CC(C4)C2)C3)c2cccnc21. The van der Waals surface area contributed by atoms with E-state index in [1.54, 1.807) is 7.11 Å². The number of amides is 1.